The van der Waals surface area contributed by atoms with Crippen LogP contribution in [0.3, 0.4) is 0 Å². The van der Waals surface area contributed by atoms with Gasteiger partial charge in [0.05, 0.1) is 12.7 Å². The summed E-state index contributed by atoms with van der Waals surface area (Å²) in [6, 6.07) is 9.63. The number of carboxylic acid groups (broad SMARTS) is 1. The Balaban J connectivity index is 1.68. The summed E-state index contributed by atoms with van der Waals surface area (Å²) >= 11 is 0. The highest BCUT2D eigenvalue weighted by Gasteiger charge is 2.40. The van der Waals surface area contributed by atoms with Gasteiger partial charge in [0.2, 0.25) is 5.91 Å². The maximum atomic E-state index is 13.6. The summed E-state index contributed by atoms with van der Waals surface area (Å²) in [4.78, 5) is 56.2. The summed E-state index contributed by atoms with van der Waals surface area (Å²) in [7, 11) is 1.51. The second-order valence-corrected chi connectivity index (χ2v) is 9.15. The van der Waals surface area contributed by atoms with Gasteiger partial charge in [0.1, 0.15) is 24.1 Å². The molecule has 1 aliphatic carbocycles. The Kier molecular flexibility index (Phi) is 7.76. The lowest BCUT2D eigenvalue weighted by atomic mass is 9.82. The van der Waals surface area contributed by atoms with Gasteiger partial charge in [-0.15, -0.1) is 0 Å². The number of aliphatic carboxylic acids is 1. The SMILES string of the molecule is COc1ccc2c(C(=O)C(=O)N(CC(=O)O)C(C(=O)Nc3ccc(O)cc3)C3CCCCC3)c[nH]c2c1. The molecular weight excluding hydrogens is 478 g/mol. The predicted molar refractivity (Wildman–Crippen MR) is 136 cm³/mol. The molecule has 2 aromatic carbocycles. The number of hydrogen-bond donors (Lipinski definition) is 4. The number of nitrogens with one attached hydrogen (secondary N) is 2. The van der Waals surface area contributed by atoms with Gasteiger partial charge in [-0.25, -0.2) is 0 Å². The summed E-state index contributed by atoms with van der Waals surface area (Å²) < 4.78 is 5.20. The van der Waals surface area contributed by atoms with Crippen LogP contribution in [0.15, 0.2) is 48.7 Å². The molecule has 1 unspecified atom stereocenters. The van der Waals surface area contributed by atoms with Gasteiger partial charge >= 0.3 is 5.97 Å². The first-order valence-electron chi connectivity index (χ1n) is 12.1. The van der Waals surface area contributed by atoms with Crippen molar-refractivity contribution in [2.45, 2.75) is 38.1 Å². The predicted octanol–water partition coefficient (Wildman–Crippen LogP) is 3.57. The molecule has 3 aromatic rings. The third-order valence-electron chi connectivity index (χ3n) is 6.73. The van der Waals surface area contributed by atoms with E-state index in [2.05, 4.69) is 10.3 Å². The average Bonchev–Trinajstić information content (AvgIpc) is 3.32. The molecule has 0 aliphatic heterocycles. The molecule has 1 aromatic heterocycles. The second kappa shape index (κ2) is 11.2. The number of phenols is 1. The highest BCUT2D eigenvalue weighted by molar-refractivity contribution is 6.45. The molecule has 1 saturated carbocycles. The van der Waals surface area contributed by atoms with E-state index in [-0.39, 0.29) is 17.2 Å². The molecule has 1 atom stereocenters. The maximum Gasteiger partial charge on any atom is 0.323 e. The van der Waals surface area contributed by atoms with Crippen LogP contribution in [0, 0.1) is 5.92 Å². The Hall–Kier alpha value is -4.34. The van der Waals surface area contributed by atoms with E-state index in [4.69, 9.17) is 4.74 Å². The summed E-state index contributed by atoms with van der Waals surface area (Å²) in [5, 5.41) is 22.4. The molecule has 37 heavy (non-hydrogen) atoms. The number of Topliss-reactive ketones (excluding diaryl/α,β-unsaturated/α-hetero) is 1. The van der Waals surface area contributed by atoms with E-state index in [1.807, 2.05) is 0 Å². The number of aromatic hydroxyl groups is 1. The molecule has 10 heteroatoms. The summed E-state index contributed by atoms with van der Waals surface area (Å²) in [5.74, 6) is -3.60. The molecule has 4 N–H and O–H groups in total. The lowest BCUT2D eigenvalue weighted by Crippen LogP contribution is -2.55. The minimum atomic E-state index is -1.33. The number of anilines is 1. The first-order valence-corrected chi connectivity index (χ1v) is 12.1. The summed E-state index contributed by atoms with van der Waals surface area (Å²) in [6.45, 7) is -0.801. The number of methoxy groups -OCH3 is 1. The van der Waals surface area contributed by atoms with Crippen molar-refractivity contribution in [2.24, 2.45) is 5.92 Å². The number of carbonyl (C=O) groups is 4. The third-order valence-corrected chi connectivity index (χ3v) is 6.73. The fourth-order valence-corrected chi connectivity index (χ4v) is 4.93. The monoisotopic (exact) mass is 507 g/mol. The second-order valence-electron chi connectivity index (χ2n) is 9.15. The molecule has 0 bridgehead atoms. The number of aromatic amines is 1. The van der Waals surface area contributed by atoms with Crippen molar-refractivity contribution in [3.05, 3.63) is 54.2 Å². The molecule has 0 radical (unpaired) electrons. The van der Waals surface area contributed by atoms with Crippen LogP contribution in [0.2, 0.25) is 0 Å². The van der Waals surface area contributed by atoms with E-state index in [1.54, 1.807) is 18.2 Å². The lowest BCUT2D eigenvalue weighted by molar-refractivity contribution is -0.147. The zero-order valence-corrected chi connectivity index (χ0v) is 20.4. The Morgan fingerprint density at radius 2 is 1.78 bits per heavy atom. The van der Waals surface area contributed by atoms with Crippen molar-refractivity contribution >= 4 is 40.2 Å². The number of aromatic nitrogens is 1. The van der Waals surface area contributed by atoms with E-state index >= 15 is 0 Å². The first kappa shape index (κ1) is 25.7. The molecule has 2 amide bonds. The topological polar surface area (TPSA) is 149 Å². The van der Waals surface area contributed by atoms with Crippen LogP contribution in [0.25, 0.3) is 10.9 Å². The van der Waals surface area contributed by atoms with Crippen molar-refractivity contribution in [1.29, 1.82) is 0 Å². The quantitative estimate of drug-likeness (QED) is 0.196. The number of nitrogens with zero attached hydrogens (tertiary/aromatic N) is 1. The number of carboxylic acids is 1. The zero-order chi connectivity index (χ0) is 26.5. The van der Waals surface area contributed by atoms with E-state index in [9.17, 15) is 29.4 Å². The largest absolute Gasteiger partial charge is 0.508 e. The number of ether oxygens (including phenoxy) is 1. The average molecular weight is 508 g/mol. The van der Waals surface area contributed by atoms with Crippen LogP contribution in [-0.2, 0) is 14.4 Å². The van der Waals surface area contributed by atoms with Crippen molar-refractivity contribution < 1.29 is 34.1 Å². The molecule has 1 aliphatic rings. The van der Waals surface area contributed by atoms with Crippen molar-refractivity contribution in [3.63, 3.8) is 0 Å². The Labute approximate surface area is 213 Å². The van der Waals surface area contributed by atoms with Gasteiger partial charge in [0.15, 0.2) is 0 Å². The van der Waals surface area contributed by atoms with Gasteiger partial charge in [0.25, 0.3) is 11.7 Å². The number of fused-ring (bicyclic) bond motifs is 1. The fourth-order valence-electron chi connectivity index (χ4n) is 4.93. The normalized spacial score (nSPS) is 14.6. The van der Waals surface area contributed by atoms with Crippen LogP contribution in [-0.4, -0.2) is 63.4 Å². The molecular formula is C27H29N3O7. The van der Waals surface area contributed by atoms with Gasteiger partial charge in [-0.2, -0.15) is 0 Å². The maximum absolute atomic E-state index is 13.6. The smallest absolute Gasteiger partial charge is 0.323 e. The number of amides is 2. The molecule has 0 saturated heterocycles. The van der Waals surface area contributed by atoms with Crippen LogP contribution < -0.4 is 10.1 Å². The van der Waals surface area contributed by atoms with E-state index in [1.165, 1.54) is 37.6 Å². The van der Waals surface area contributed by atoms with E-state index < -0.39 is 36.2 Å². The molecule has 10 nitrogen and oxygen atoms in total. The lowest BCUT2D eigenvalue weighted by Gasteiger charge is -2.36. The Bertz CT molecular complexity index is 1310. The number of H-pyrrole nitrogens is 1. The number of rotatable bonds is 9. The van der Waals surface area contributed by atoms with Gasteiger partial charge in [0, 0.05) is 28.9 Å². The summed E-state index contributed by atoms with van der Waals surface area (Å²) in [5.41, 5.74) is 1.04. The first-order chi connectivity index (χ1) is 17.8. The van der Waals surface area contributed by atoms with Crippen LogP contribution in [0.5, 0.6) is 11.5 Å². The highest BCUT2D eigenvalue weighted by atomic mass is 16.5. The highest BCUT2D eigenvalue weighted by Crippen LogP contribution is 2.31. The minimum Gasteiger partial charge on any atom is -0.508 e. The zero-order valence-electron chi connectivity index (χ0n) is 20.4. The third kappa shape index (κ3) is 5.74. The number of hydrogen-bond acceptors (Lipinski definition) is 6. The number of phenolic OH excluding ortho intramolecular Hbond substituents is 1. The fraction of sp³-hybridized carbons (Fsp3) is 0.333. The number of carbonyl (C=O) groups excluding carboxylic acids is 3. The Morgan fingerprint density at radius 3 is 2.43 bits per heavy atom. The van der Waals surface area contributed by atoms with Crippen molar-refractivity contribution in [1.82, 2.24) is 9.88 Å². The van der Waals surface area contributed by atoms with Crippen LogP contribution in [0.1, 0.15) is 42.5 Å². The summed E-state index contributed by atoms with van der Waals surface area (Å²) in [6.07, 6.45) is 5.29. The van der Waals surface area contributed by atoms with Gasteiger partial charge < -0.3 is 30.2 Å². The number of ketones is 1. The minimum absolute atomic E-state index is 0.0199. The van der Waals surface area contributed by atoms with Crippen molar-refractivity contribution in [3.8, 4) is 11.5 Å². The molecule has 194 valence electrons. The van der Waals surface area contributed by atoms with Gasteiger partial charge in [-0.3, -0.25) is 19.2 Å². The molecule has 0 spiro atoms. The van der Waals surface area contributed by atoms with Crippen molar-refractivity contribution in [2.75, 3.05) is 19.0 Å². The molecule has 4 rings (SSSR count). The number of benzene rings is 2. The van der Waals surface area contributed by atoms with Gasteiger partial charge in [-0.05, 0) is 55.2 Å². The molecule has 1 heterocycles. The van der Waals surface area contributed by atoms with Crippen LogP contribution in [0.4, 0.5) is 5.69 Å². The molecule has 1 fully saturated rings. The van der Waals surface area contributed by atoms with Gasteiger partial charge in [-0.1, -0.05) is 19.3 Å². The van der Waals surface area contributed by atoms with Crippen LogP contribution >= 0.6 is 0 Å². The van der Waals surface area contributed by atoms with E-state index in [0.29, 0.717) is 35.2 Å². The van der Waals surface area contributed by atoms with E-state index in [0.717, 1.165) is 24.2 Å². The Morgan fingerprint density at radius 1 is 1.08 bits per heavy atom. The standard InChI is InChI=1S/C27H29N3O7/c1-37-19-11-12-20-21(14-28-22(20)13-19)25(34)27(36)30(15-23(32)33)24(16-5-3-2-4-6-16)26(35)29-17-7-9-18(31)10-8-17/h7-14,16,24,28,31H,2-6,15H2,1H3,(H,29,35)(H,32,33).